The van der Waals surface area contributed by atoms with Crippen molar-refractivity contribution in [3.63, 3.8) is 0 Å². The zero-order valence-electron chi connectivity index (χ0n) is 23.2. The molecule has 12 nitrogen and oxygen atoms in total. The van der Waals surface area contributed by atoms with E-state index in [1.165, 1.54) is 0 Å². The molecule has 3 rings (SSSR count). The lowest BCUT2D eigenvalue weighted by molar-refractivity contribution is 0.355. The minimum Gasteiger partial charge on any atom is -0.493 e. The van der Waals surface area contributed by atoms with Crippen molar-refractivity contribution in [1.29, 1.82) is 0 Å². The number of methoxy groups -OCH3 is 6. The SMILES string of the molecule is COc1ccc(C=NN=C(NN=Cc2ccc(OC)c(OC)c2)NN=Cc2ccc(OC)c(OC)c2)cc1OC. The van der Waals surface area contributed by atoms with Crippen LogP contribution in [0.1, 0.15) is 16.7 Å². The molecule has 0 unspecified atom stereocenters. The van der Waals surface area contributed by atoms with Gasteiger partial charge in [0.15, 0.2) is 34.5 Å². The Labute approximate surface area is 232 Å². The van der Waals surface area contributed by atoms with Gasteiger partial charge in [-0.3, -0.25) is 0 Å². The molecule has 2 N–H and O–H groups in total. The molecule has 12 heteroatoms. The lowest BCUT2D eigenvalue weighted by atomic mass is 10.2. The summed E-state index contributed by atoms with van der Waals surface area (Å²) in [4.78, 5) is 0. The van der Waals surface area contributed by atoms with Crippen LogP contribution < -0.4 is 39.3 Å². The average Bonchev–Trinajstić information content (AvgIpc) is 3.00. The van der Waals surface area contributed by atoms with Crippen LogP contribution in [0.3, 0.4) is 0 Å². The highest BCUT2D eigenvalue weighted by molar-refractivity contribution is 5.87. The predicted octanol–water partition coefficient (Wildman–Crippen LogP) is 3.68. The predicted molar refractivity (Wildman–Crippen MR) is 155 cm³/mol. The molecule has 3 aromatic rings. The molecule has 0 aliphatic carbocycles. The molecule has 0 aliphatic rings. The van der Waals surface area contributed by atoms with E-state index in [0.29, 0.717) is 34.5 Å². The first-order chi connectivity index (χ1) is 19.5. The van der Waals surface area contributed by atoms with Crippen LogP contribution >= 0.6 is 0 Å². The summed E-state index contributed by atoms with van der Waals surface area (Å²) in [6, 6.07) is 16.2. The topological polar surface area (TPSA) is 129 Å². The van der Waals surface area contributed by atoms with E-state index in [1.807, 2.05) is 18.2 Å². The molecule has 210 valence electrons. The molecule has 0 aliphatic heterocycles. The number of guanidine groups is 1. The standard InChI is InChI=1S/C28H32N6O6/c1-35-22-10-7-19(13-25(22)38-4)16-29-32-28(33-30-17-20-8-11-23(36-2)26(14-20)39-5)34-31-18-21-9-12-24(37-3)27(15-21)40-6/h7-18H,1-6H3,(H2,32,33,34). The van der Waals surface area contributed by atoms with Crippen molar-refractivity contribution in [2.24, 2.45) is 20.4 Å². The summed E-state index contributed by atoms with van der Waals surface area (Å²) >= 11 is 0. The van der Waals surface area contributed by atoms with Gasteiger partial charge in [0.2, 0.25) is 0 Å². The summed E-state index contributed by atoms with van der Waals surface area (Å²) in [5.41, 5.74) is 7.91. The Bertz CT molecular complexity index is 1320. The summed E-state index contributed by atoms with van der Waals surface area (Å²) in [6.45, 7) is 0. The van der Waals surface area contributed by atoms with Gasteiger partial charge in [0.25, 0.3) is 5.96 Å². The normalized spacial score (nSPS) is 10.9. The highest BCUT2D eigenvalue weighted by atomic mass is 16.5. The molecule has 0 amide bonds. The molecule has 3 aromatic carbocycles. The minimum atomic E-state index is 0.158. The number of hydrogen-bond acceptors (Lipinski definition) is 10. The van der Waals surface area contributed by atoms with Gasteiger partial charge in [0.05, 0.1) is 61.3 Å². The van der Waals surface area contributed by atoms with Crippen LogP contribution in [0.2, 0.25) is 0 Å². The maximum atomic E-state index is 5.34. The number of nitrogens with one attached hydrogen (secondary N) is 2. The van der Waals surface area contributed by atoms with E-state index in [0.717, 1.165) is 16.7 Å². The Kier molecular flexibility index (Phi) is 11.2. The van der Waals surface area contributed by atoms with Gasteiger partial charge in [-0.1, -0.05) is 0 Å². The van der Waals surface area contributed by atoms with Crippen LogP contribution in [-0.4, -0.2) is 67.3 Å². The van der Waals surface area contributed by atoms with Crippen LogP contribution in [-0.2, 0) is 0 Å². The second-order valence-electron chi connectivity index (χ2n) is 7.78. The molecular weight excluding hydrogens is 516 g/mol. The Hall–Kier alpha value is -5.26. The fraction of sp³-hybridized carbons (Fsp3) is 0.214. The number of rotatable bonds is 12. The van der Waals surface area contributed by atoms with Gasteiger partial charge < -0.3 is 28.4 Å². The van der Waals surface area contributed by atoms with Gasteiger partial charge in [0.1, 0.15) is 0 Å². The largest absolute Gasteiger partial charge is 0.493 e. The van der Waals surface area contributed by atoms with Crippen molar-refractivity contribution in [1.82, 2.24) is 10.9 Å². The first-order valence-corrected chi connectivity index (χ1v) is 11.9. The van der Waals surface area contributed by atoms with Crippen molar-refractivity contribution in [2.75, 3.05) is 42.7 Å². The first-order valence-electron chi connectivity index (χ1n) is 11.9. The maximum Gasteiger partial charge on any atom is 0.257 e. The van der Waals surface area contributed by atoms with Gasteiger partial charge in [-0.15, -0.1) is 5.10 Å². The Morgan fingerprint density at radius 1 is 0.500 bits per heavy atom. The van der Waals surface area contributed by atoms with E-state index in [1.54, 1.807) is 97.7 Å². The molecule has 40 heavy (non-hydrogen) atoms. The van der Waals surface area contributed by atoms with Gasteiger partial charge in [-0.2, -0.15) is 15.3 Å². The third-order valence-electron chi connectivity index (χ3n) is 5.36. The van der Waals surface area contributed by atoms with Crippen molar-refractivity contribution in [3.05, 3.63) is 71.3 Å². The highest BCUT2D eigenvalue weighted by Crippen LogP contribution is 2.28. The fourth-order valence-corrected chi connectivity index (χ4v) is 3.36. The van der Waals surface area contributed by atoms with E-state index < -0.39 is 0 Å². The second kappa shape index (κ2) is 15.2. The lowest BCUT2D eigenvalue weighted by Crippen LogP contribution is -2.30. The zero-order valence-corrected chi connectivity index (χ0v) is 23.2. The summed E-state index contributed by atoms with van der Waals surface area (Å²) in [5.74, 6) is 3.74. The molecular formula is C28H32N6O6. The lowest BCUT2D eigenvalue weighted by Gasteiger charge is -2.08. The van der Waals surface area contributed by atoms with Gasteiger partial charge >= 0.3 is 0 Å². The van der Waals surface area contributed by atoms with Crippen molar-refractivity contribution >= 4 is 24.6 Å². The van der Waals surface area contributed by atoms with E-state index in [-0.39, 0.29) is 5.96 Å². The summed E-state index contributed by atoms with van der Waals surface area (Å²) in [7, 11) is 9.43. The minimum absolute atomic E-state index is 0.158. The van der Waals surface area contributed by atoms with Crippen LogP contribution in [0.15, 0.2) is 75.0 Å². The zero-order chi connectivity index (χ0) is 28.7. The Morgan fingerprint density at radius 3 is 1.20 bits per heavy atom. The molecule has 0 saturated carbocycles. The average molecular weight is 549 g/mol. The van der Waals surface area contributed by atoms with Crippen molar-refractivity contribution in [2.45, 2.75) is 0 Å². The van der Waals surface area contributed by atoms with Gasteiger partial charge in [0, 0.05) is 0 Å². The number of hydrazone groups is 2. The molecule has 0 radical (unpaired) electrons. The molecule has 0 bridgehead atoms. The van der Waals surface area contributed by atoms with E-state index >= 15 is 0 Å². The van der Waals surface area contributed by atoms with Gasteiger partial charge in [-0.05, 0) is 71.3 Å². The van der Waals surface area contributed by atoms with Crippen LogP contribution in [0, 0.1) is 0 Å². The molecule has 0 spiro atoms. The van der Waals surface area contributed by atoms with E-state index in [4.69, 9.17) is 28.4 Å². The molecule has 0 atom stereocenters. The highest BCUT2D eigenvalue weighted by Gasteiger charge is 2.05. The van der Waals surface area contributed by atoms with E-state index in [9.17, 15) is 0 Å². The third kappa shape index (κ3) is 8.12. The number of nitrogens with zero attached hydrogens (tertiary/aromatic N) is 4. The van der Waals surface area contributed by atoms with Gasteiger partial charge in [-0.25, -0.2) is 10.9 Å². The number of ether oxygens (including phenoxy) is 6. The number of hydrogen-bond donors (Lipinski definition) is 2. The maximum absolute atomic E-state index is 5.34. The summed E-state index contributed by atoms with van der Waals surface area (Å²) in [5, 5.41) is 16.8. The monoisotopic (exact) mass is 548 g/mol. The van der Waals surface area contributed by atoms with Crippen molar-refractivity contribution in [3.8, 4) is 34.5 Å². The van der Waals surface area contributed by atoms with E-state index in [2.05, 4.69) is 31.3 Å². The smallest absolute Gasteiger partial charge is 0.257 e. The van der Waals surface area contributed by atoms with Crippen LogP contribution in [0.25, 0.3) is 0 Å². The quantitative estimate of drug-likeness (QED) is 0.199. The Morgan fingerprint density at radius 2 is 0.850 bits per heavy atom. The summed E-state index contributed by atoms with van der Waals surface area (Å²) in [6.07, 6.45) is 4.74. The fourth-order valence-electron chi connectivity index (χ4n) is 3.36. The molecule has 0 aromatic heterocycles. The van der Waals surface area contributed by atoms with Crippen LogP contribution in [0.5, 0.6) is 34.5 Å². The first kappa shape index (κ1) is 29.3. The third-order valence-corrected chi connectivity index (χ3v) is 5.36. The molecule has 0 heterocycles. The summed E-state index contributed by atoms with van der Waals surface area (Å²) < 4.78 is 31.8. The molecule has 0 fully saturated rings. The van der Waals surface area contributed by atoms with Crippen LogP contribution in [0.4, 0.5) is 0 Å². The molecule has 0 saturated heterocycles. The van der Waals surface area contributed by atoms with Crippen molar-refractivity contribution < 1.29 is 28.4 Å². The number of benzene rings is 3. The second-order valence-corrected chi connectivity index (χ2v) is 7.78. The Balaban J connectivity index is 1.80.